The average Bonchev–Trinajstić information content (AvgIpc) is 2.73. The molecule has 6 nitrogen and oxygen atoms in total. The zero-order chi connectivity index (χ0) is 22.4. The molecule has 0 aliphatic rings. The Balaban J connectivity index is 1.89. The summed E-state index contributed by atoms with van der Waals surface area (Å²) in [5, 5.41) is 2.65. The van der Waals surface area contributed by atoms with Crippen molar-refractivity contribution < 1.29 is 22.3 Å². The number of benzene rings is 3. The maximum absolute atomic E-state index is 14.5. The number of hydrogen-bond acceptors (Lipinski definition) is 4. The van der Waals surface area contributed by atoms with Crippen LogP contribution in [0.5, 0.6) is 5.75 Å². The fraction of sp³-hybridized carbons (Fsp3) is 0.174. The summed E-state index contributed by atoms with van der Waals surface area (Å²) >= 11 is 0. The minimum atomic E-state index is -4.18. The minimum Gasteiger partial charge on any atom is -0.491 e. The quantitative estimate of drug-likeness (QED) is 0.559. The molecule has 0 unspecified atom stereocenters. The summed E-state index contributed by atoms with van der Waals surface area (Å²) in [6, 6.07) is 19.8. The molecule has 0 saturated heterocycles. The summed E-state index contributed by atoms with van der Waals surface area (Å²) in [6.07, 6.45) is -0.0430. The molecule has 0 spiro atoms. The van der Waals surface area contributed by atoms with Crippen LogP contribution in [0.4, 0.5) is 15.8 Å². The van der Waals surface area contributed by atoms with Gasteiger partial charge in [-0.15, -0.1) is 0 Å². The van der Waals surface area contributed by atoms with Gasteiger partial charge in [-0.25, -0.2) is 12.8 Å². The number of ether oxygens (including phenoxy) is 1. The first-order valence-electron chi connectivity index (χ1n) is 9.66. The molecule has 8 heteroatoms. The van der Waals surface area contributed by atoms with Gasteiger partial charge in [0, 0.05) is 11.8 Å². The number of nitrogens with one attached hydrogen (secondary N) is 1. The Kier molecular flexibility index (Phi) is 6.91. The number of carbonyl (C=O) groups is 1. The van der Waals surface area contributed by atoms with Crippen LogP contribution >= 0.6 is 0 Å². The van der Waals surface area contributed by atoms with Crippen molar-refractivity contribution in [2.75, 3.05) is 16.2 Å². The molecule has 3 aromatic carbocycles. The van der Waals surface area contributed by atoms with Gasteiger partial charge in [-0.2, -0.15) is 0 Å². The van der Waals surface area contributed by atoms with Crippen LogP contribution in [0.25, 0.3) is 0 Å². The first kappa shape index (κ1) is 22.3. The Morgan fingerprint density at radius 1 is 1.00 bits per heavy atom. The predicted octanol–water partition coefficient (Wildman–Crippen LogP) is 4.45. The maximum atomic E-state index is 14.5. The Hall–Kier alpha value is -3.39. The summed E-state index contributed by atoms with van der Waals surface area (Å²) in [6.45, 7) is 3.16. The molecule has 0 aliphatic carbocycles. The second kappa shape index (κ2) is 9.61. The van der Waals surface area contributed by atoms with Gasteiger partial charge in [0.2, 0.25) is 5.91 Å². The highest BCUT2D eigenvalue weighted by Gasteiger charge is 2.29. The van der Waals surface area contributed by atoms with Gasteiger partial charge < -0.3 is 10.1 Å². The van der Waals surface area contributed by atoms with Gasteiger partial charge in [-0.05, 0) is 50.2 Å². The van der Waals surface area contributed by atoms with E-state index in [0.29, 0.717) is 11.4 Å². The third kappa shape index (κ3) is 5.61. The van der Waals surface area contributed by atoms with Gasteiger partial charge in [0.1, 0.15) is 18.1 Å². The molecule has 0 aromatic heterocycles. The topological polar surface area (TPSA) is 75.7 Å². The molecule has 1 amide bonds. The standard InChI is InChI=1S/C23H23FN2O4S/c1-17(2)30-19-10-8-9-18(15-19)25-23(27)16-26(22-14-7-6-13-21(22)24)31(28,29)20-11-4-3-5-12-20/h3-15,17H,16H2,1-2H3,(H,25,27). The lowest BCUT2D eigenvalue weighted by molar-refractivity contribution is -0.114. The van der Waals surface area contributed by atoms with Crippen LogP contribution in [0.15, 0.2) is 83.8 Å². The van der Waals surface area contributed by atoms with Crippen molar-refractivity contribution in [1.29, 1.82) is 0 Å². The zero-order valence-corrected chi connectivity index (χ0v) is 18.0. The molecule has 0 atom stereocenters. The van der Waals surface area contributed by atoms with Crippen LogP contribution < -0.4 is 14.4 Å². The number of halogens is 1. The lowest BCUT2D eigenvalue weighted by Crippen LogP contribution is -2.38. The number of para-hydroxylation sites is 1. The zero-order valence-electron chi connectivity index (χ0n) is 17.2. The number of rotatable bonds is 8. The van der Waals surface area contributed by atoms with Crippen molar-refractivity contribution in [3.63, 3.8) is 0 Å². The largest absolute Gasteiger partial charge is 0.491 e. The van der Waals surface area contributed by atoms with Crippen molar-refractivity contribution in [1.82, 2.24) is 0 Å². The molecule has 0 aliphatic heterocycles. The smallest absolute Gasteiger partial charge is 0.264 e. The molecule has 0 fully saturated rings. The van der Waals surface area contributed by atoms with Crippen molar-refractivity contribution in [2.24, 2.45) is 0 Å². The van der Waals surface area contributed by atoms with Gasteiger partial charge in [0.25, 0.3) is 10.0 Å². The average molecular weight is 443 g/mol. The monoisotopic (exact) mass is 442 g/mol. The highest BCUT2D eigenvalue weighted by Crippen LogP contribution is 2.26. The third-order valence-corrected chi connectivity index (χ3v) is 6.00. The lowest BCUT2D eigenvalue weighted by Gasteiger charge is -2.24. The number of nitrogens with zero attached hydrogens (tertiary/aromatic N) is 1. The fourth-order valence-corrected chi connectivity index (χ4v) is 4.37. The SMILES string of the molecule is CC(C)Oc1cccc(NC(=O)CN(c2ccccc2F)S(=O)(=O)c2ccccc2)c1. The van der Waals surface area contributed by atoms with Crippen LogP contribution in [0.3, 0.4) is 0 Å². The summed E-state index contributed by atoms with van der Waals surface area (Å²) < 4.78 is 47.3. The van der Waals surface area contributed by atoms with Crippen molar-refractivity contribution in [3.05, 3.63) is 84.7 Å². The Morgan fingerprint density at radius 3 is 2.35 bits per heavy atom. The summed E-state index contributed by atoms with van der Waals surface area (Å²) in [7, 11) is -4.18. The van der Waals surface area contributed by atoms with Crippen molar-refractivity contribution in [3.8, 4) is 5.75 Å². The second-order valence-electron chi connectivity index (χ2n) is 7.02. The summed E-state index contributed by atoms with van der Waals surface area (Å²) in [4.78, 5) is 12.7. The minimum absolute atomic E-state index is 0.0430. The number of amides is 1. The van der Waals surface area contributed by atoms with E-state index in [9.17, 15) is 17.6 Å². The van der Waals surface area contributed by atoms with Gasteiger partial charge in [-0.3, -0.25) is 9.10 Å². The van der Waals surface area contributed by atoms with E-state index in [4.69, 9.17) is 4.74 Å². The maximum Gasteiger partial charge on any atom is 0.264 e. The first-order valence-corrected chi connectivity index (χ1v) is 11.1. The van der Waals surface area contributed by atoms with Crippen LogP contribution in [-0.2, 0) is 14.8 Å². The molecule has 1 N–H and O–H groups in total. The molecule has 3 aromatic rings. The number of carbonyl (C=O) groups excluding carboxylic acids is 1. The molecule has 0 saturated carbocycles. The summed E-state index contributed by atoms with van der Waals surface area (Å²) in [5.41, 5.74) is 0.229. The van der Waals surface area contributed by atoms with Gasteiger partial charge in [-0.1, -0.05) is 36.4 Å². The third-order valence-electron chi connectivity index (χ3n) is 4.23. The fourth-order valence-electron chi connectivity index (χ4n) is 2.92. The first-order chi connectivity index (χ1) is 14.8. The van der Waals surface area contributed by atoms with Gasteiger partial charge >= 0.3 is 0 Å². The summed E-state index contributed by atoms with van der Waals surface area (Å²) in [5.74, 6) is -0.803. The molecule has 0 radical (unpaired) electrons. The molecular formula is C23H23FN2O4S. The van der Waals surface area contributed by atoms with Crippen LogP contribution in [-0.4, -0.2) is 27.0 Å². The van der Waals surface area contributed by atoms with Gasteiger partial charge in [0.15, 0.2) is 0 Å². The predicted molar refractivity (Wildman–Crippen MR) is 118 cm³/mol. The van der Waals surface area contributed by atoms with Crippen LogP contribution in [0, 0.1) is 5.82 Å². The molecule has 31 heavy (non-hydrogen) atoms. The Labute approximate surface area is 181 Å². The van der Waals surface area contributed by atoms with E-state index in [1.54, 1.807) is 42.5 Å². The van der Waals surface area contributed by atoms with Crippen LogP contribution in [0.1, 0.15) is 13.8 Å². The Bertz CT molecular complexity index is 1150. The lowest BCUT2D eigenvalue weighted by atomic mass is 10.3. The number of sulfonamides is 1. The van der Waals surface area contributed by atoms with E-state index in [1.807, 2.05) is 13.8 Å². The van der Waals surface area contributed by atoms with E-state index in [2.05, 4.69) is 5.32 Å². The molecule has 162 valence electrons. The number of anilines is 2. The highest BCUT2D eigenvalue weighted by molar-refractivity contribution is 7.92. The van der Waals surface area contributed by atoms with E-state index in [-0.39, 0.29) is 16.7 Å². The van der Waals surface area contributed by atoms with E-state index in [1.165, 1.54) is 30.3 Å². The molecule has 3 rings (SSSR count). The van der Waals surface area contributed by atoms with E-state index >= 15 is 0 Å². The van der Waals surface area contributed by atoms with Crippen molar-refractivity contribution >= 4 is 27.3 Å². The Morgan fingerprint density at radius 2 is 1.68 bits per heavy atom. The van der Waals surface area contributed by atoms with Crippen LogP contribution in [0.2, 0.25) is 0 Å². The molecule has 0 heterocycles. The highest BCUT2D eigenvalue weighted by atomic mass is 32.2. The van der Waals surface area contributed by atoms with E-state index < -0.39 is 28.3 Å². The van der Waals surface area contributed by atoms with E-state index in [0.717, 1.165) is 10.4 Å². The molecule has 0 bridgehead atoms. The van der Waals surface area contributed by atoms with Gasteiger partial charge in [0.05, 0.1) is 16.7 Å². The molecular weight excluding hydrogens is 419 g/mol. The number of hydrogen-bond donors (Lipinski definition) is 1. The van der Waals surface area contributed by atoms with Crippen molar-refractivity contribution in [2.45, 2.75) is 24.8 Å². The second-order valence-corrected chi connectivity index (χ2v) is 8.88. The normalized spacial score (nSPS) is 11.2.